The van der Waals surface area contributed by atoms with Gasteiger partial charge in [0.05, 0.1) is 6.10 Å². The molecule has 0 fully saturated rings. The second-order valence-electron chi connectivity index (χ2n) is 3.30. The number of hydrogen-bond acceptors (Lipinski definition) is 1. The normalized spacial score (nSPS) is 13.9. The standard InChI is InChI=1S/C11H22O/c1-3-5-6-7-8-10-11(12)9-4-2/h4,9,11-12H,3,5-8,10H2,1-2H3. The van der Waals surface area contributed by atoms with Crippen LogP contribution >= 0.6 is 0 Å². The zero-order valence-electron chi connectivity index (χ0n) is 8.42. The average molecular weight is 170 g/mol. The highest BCUT2D eigenvalue weighted by Crippen LogP contribution is 2.07. The first kappa shape index (κ1) is 11.7. The van der Waals surface area contributed by atoms with Crippen LogP contribution in [0.25, 0.3) is 0 Å². The number of aliphatic hydroxyl groups is 1. The number of allylic oxidation sites excluding steroid dienone is 1. The molecule has 12 heavy (non-hydrogen) atoms. The highest BCUT2D eigenvalue weighted by Gasteiger charge is 1.97. The van der Waals surface area contributed by atoms with Crippen LogP contribution in [0, 0.1) is 0 Å². The Balaban J connectivity index is 3.08. The van der Waals surface area contributed by atoms with Crippen LogP contribution in [-0.4, -0.2) is 11.2 Å². The molecule has 0 aromatic rings. The zero-order valence-corrected chi connectivity index (χ0v) is 8.42. The summed E-state index contributed by atoms with van der Waals surface area (Å²) in [5.41, 5.74) is 0. The molecule has 0 aliphatic carbocycles. The molecule has 0 aromatic heterocycles. The van der Waals surface area contributed by atoms with Crippen molar-refractivity contribution in [3.05, 3.63) is 12.2 Å². The van der Waals surface area contributed by atoms with Gasteiger partial charge in [0.25, 0.3) is 0 Å². The Hall–Kier alpha value is -0.300. The lowest BCUT2D eigenvalue weighted by molar-refractivity contribution is 0.208. The number of hydrogen-bond donors (Lipinski definition) is 1. The fourth-order valence-corrected chi connectivity index (χ4v) is 1.28. The Bertz CT molecular complexity index is 108. The molecule has 72 valence electrons. The van der Waals surface area contributed by atoms with Crippen LogP contribution in [0.15, 0.2) is 12.2 Å². The molecular weight excluding hydrogens is 148 g/mol. The van der Waals surface area contributed by atoms with Gasteiger partial charge in [0.1, 0.15) is 0 Å². The second-order valence-corrected chi connectivity index (χ2v) is 3.30. The maximum Gasteiger partial charge on any atom is 0.0720 e. The monoisotopic (exact) mass is 170 g/mol. The molecule has 0 rings (SSSR count). The van der Waals surface area contributed by atoms with Crippen LogP contribution in [0.1, 0.15) is 52.4 Å². The van der Waals surface area contributed by atoms with E-state index in [0.29, 0.717) is 0 Å². The van der Waals surface area contributed by atoms with Crippen molar-refractivity contribution in [1.29, 1.82) is 0 Å². The summed E-state index contributed by atoms with van der Waals surface area (Å²) in [5.74, 6) is 0. The van der Waals surface area contributed by atoms with Gasteiger partial charge in [-0.2, -0.15) is 0 Å². The topological polar surface area (TPSA) is 20.2 Å². The summed E-state index contributed by atoms with van der Waals surface area (Å²) in [6.45, 7) is 4.16. The average Bonchev–Trinajstić information content (AvgIpc) is 2.05. The summed E-state index contributed by atoms with van der Waals surface area (Å²) in [6, 6.07) is 0. The molecule has 0 spiro atoms. The van der Waals surface area contributed by atoms with E-state index in [0.717, 1.165) is 12.8 Å². The molecule has 0 bridgehead atoms. The third-order valence-electron chi connectivity index (χ3n) is 2.02. The SMILES string of the molecule is CC=CC(O)CCCCCCC. The fourth-order valence-electron chi connectivity index (χ4n) is 1.28. The minimum Gasteiger partial charge on any atom is -0.389 e. The third kappa shape index (κ3) is 7.80. The molecule has 0 heterocycles. The fraction of sp³-hybridized carbons (Fsp3) is 0.818. The van der Waals surface area contributed by atoms with Gasteiger partial charge in [0.2, 0.25) is 0 Å². The lowest BCUT2D eigenvalue weighted by Crippen LogP contribution is -2.00. The van der Waals surface area contributed by atoms with Crippen molar-refractivity contribution in [2.24, 2.45) is 0 Å². The summed E-state index contributed by atoms with van der Waals surface area (Å²) in [7, 11) is 0. The van der Waals surface area contributed by atoms with E-state index in [2.05, 4.69) is 6.92 Å². The lowest BCUT2D eigenvalue weighted by Gasteiger charge is -2.04. The molecule has 0 saturated carbocycles. The van der Waals surface area contributed by atoms with Crippen LogP contribution < -0.4 is 0 Å². The van der Waals surface area contributed by atoms with E-state index in [1.807, 2.05) is 19.1 Å². The minimum atomic E-state index is -0.211. The van der Waals surface area contributed by atoms with E-state index < -0.39 is 0 Å². The predicted octanol–water partition coefficient (Wildman–Crippen LogP) is 3.28. The lowest BCUT2D eigenvalue weighted by atomic mass is 10.1. The smallest absolute Gasteiger partial charge is 0.0720 e. The molecule has 0 radical (unpaired) electrons. The summed E-state index contributed by atoms with van der Waals surface area (Å²) >= 11 is 0. The van der Waals surface area contributed by atoms with Crippen molar-refractivity contribution in [3.63, 3.8) is 0 Å². The molecule has 1 unspecified atom stereocenters. The third-order valence-corrected chi connectivity index (χ3v) is 2.02. The van der Waals surface area contributed by atoms with Gasteiger partial charge in [-0.25, -0.2) is 0 Å². The van der Waals surface area contributed by atoms with Gasteiger partial charge >= 0.3 is 0 Å². The van der Waals surface area contributed by atoms with E-state index in [1.165, 1.54) is 25.7 Å². The van der Waals surface area contributed by atoms with Crippen molar-refractivity contribution in [2.45, 2.75) is 58.5 Å². The molecule has 1 heteroatoms. The van der Waals surface area contributed by atoms with Crippen molar-refractivity contribution in [1.82, 2.24) is 0 Å². The first-order valence-corrected chi connectivity index (χ1v) is 5.12. The molecule has 0 amide bonds. The van der Waals surface area contributed by atoms with Crippen molar-refractivity contribution in [3.8, 4) is 0 Å². The van der Waals surface area contributed by atoms with Crippen LogP contribution in [0.3, 0.4) is 0 Å². The predicted molar refractivity (Wildman–Crippen MR) is 54.2 cm³/mol. The Morgan fingerprint density at radius 3 is 2.42 bits per heavy atom. The van der Waals surface area contributed by atoms with E-state index in [4.69, 9.17) is 0 Å². The molecule has 1 nitrogen and oxygen atoms in total. The van der Waals surface area contributed by atoms with Crippen molar-refractivity contribution in [2.75, 3.05) is 0 Å². The maximum absolute atomic E-state index is 9.32. The molecule has 0 aliphatic rings. The van der Waals surface area contributed by atoms with E-state index >= 15 is 0 Å². The molecular formula is C11H22O. The van der Waals surface area contributed by atoms with Gasteiger partial charge in [0.15, 0.2) is 0 Å². The number of rotatable bonds is 7. The van der Waals surface area contributed by atoms with E-state index in [9.17, 15) is 5.11 Å². The highest BCUT2D eigenvalue weighted by atomic mass is 16.3. The Kier molecular flexibility index (Phi) is 8.57. The summed E-state index contributed by atoms with van der Waals surface area (Å²) in [4.78, 5) is 0. The molecule has 1 atom stereocenters. The van der Waals surface area contributed by atoms with Crippen LogP contribution in [0.2, 0.25) is 0 Å². The van der Waals surface area contributed by atoms with Crippen LogP contribution in [-0.2, 0) is 0 Å². The van der Waals surface area contributed by atoms with Gasteiger partial charge < -0.3 is 5.11 Å². The van der Waals surface area contributed by atoms with Gasteiger partial charge in [-0.1, -0.05) is 51.2 Å². The first-order chi connectivity index (χ1) is 5.81. The van der Waals surface area contributed by atoms with Crippen molar-refractivity contribution >= 4 is 0 Å². The Labute approximate surface area is 76.5 Å². The maximum atomic E-state index is 9.32. The van der Waals surface area contributed by atoms with Crippen LogP contribution in [0.5, 0.6) is 0 Å². The number of unbranched alkanes of at least 4 members (excludes halogenated alkanes) is 4. The zero-order chi connectivity index (χ0) is 9.23. The number of aliphatic hydroxyl groups excluding tert-OH is 1. The largest absolute Gasteiger partial charge is 0.389 e. The Morgan fingerprint density at radius 2 is 1.83 bits per heavy atom. The summed E-state index contributed by atoms with van der Waals surface area (Å²) in [6.07, 6.45) is 10.9. The van der Waals surface area contributed by atoms with Crippen LogP contribution in [0.4, 0.5) is 0 Å². The molecule has 0 aromatic carbocycles. The summed E-state index contributed by atoms with van der Waals surface area (Å²) in [5, 5.41) is 9.32. The molecule has 0 saturated heterocycles. The molecule has 0 aliphatic heterocycles. The summed E-state index contributed by atoms with van der Waals surface area (Å²) < 4.78 is 0. The van der Waals surface area contributed by atoms with Gasteiger partial charge in [0, 0.05) is 0 Å². The highest BCUT2D eigenvalue weighted by molar-refractivity contribution is 4.84. The van der Waals surface area contributed by atoms with Crippen molar-refractivity contribution < 1.29 is 5.11 Å². The second kappa shape index (κ2) is 8.79. The van der Waals surface area contributed by atoms with E-state index in [-0.39, 0.29) is 6.10 Å². The Morgan fingerprint density at radius 1 is 1.17 bits per heavy atom. The van der Waals surface area contributed by atoms with Gasteiger partial charge in [-0.05, 0) is 13.3 Å². The van der Waals surface area contributed by atoms with Gasteiger partial charge in [-0.3, -0.25) is 0 Å². The van der Waals surface area contributed by atoms with E-state index in [1.54, 1.807) is 0 Å². The molecule has 1 N–H and O–H groups in total. The first-order valence-electron chi connectivity index (χ1n) is 5.12. The quantitative estimate of drug-likeness (QED) is 0.459. The van der Waals surface area contributed by atoms with Gasteiger partial charge in [-0.15, -0.1) is 0 Å². The minimum absolute atomic E-state index is 0.211.